The molecule has 2 nitrogen and oxygen atoms in total. The number of fused-ring (bicyclic) bond motifs is 1. The first-order valence-corrected chi connectivity index (χ1v) is 7.35. The highest BCUT2D eigenvalue weighted by atomic mass is 35.5. The van der Waals surface area contributed by atoms with Crippen molar-refractivity contribution >= 4 is 35.1 Å². The number of aromatic nitrogens is 1. The van der Waals surface area contributed by atoms with Gasteiger partial charge in [-0.25, -0.2) is 4.98 Å². The Morgan fingerprint density at radius 1 is 1.21 bits per heavy atom. The molecule has 0 amide bonds. The Bertz CT molecular complexity index is 529. The largest absolute Gasteiger partial charge is 0.309 e. The molecule has 0 saturated heterocycles. The van der Waals surface area contributed by atoms with E-state index < -0.39 is 0 Å². The number of benzene rings is 1. The Morgan fingerprint density at radius 3 is 2.63 bits per heavy atom. The fraction of sp³-hybridized carbons (Fsp3) is 0.400. The highest BCUT2D eigenvalue weighted by Gasteiger charge is 2.06. The topological polar surface area (TPSA) is 16.1 Å². The predicted molar refractivity (Wildman–Crippen MR) is 87.6 cm³/mol. The van der Waals surface area contributed by atoms with Crippen molar-refractivity contribution < 1.29 is 0 Å². The molecule has 2 aromatic rings. The van der Waals surface area contributed by atoms with Crippen LogP contribution in [0.1, 0.15) is 12.5 Å². The number of hydrogen-bond acceptors (Lipinski definition) is 3. The summed E-state index contributed by atoms with van der Waals surface area (Å²) in [5.74, 6) is 1.09. The molecule has 1 heterocycles. The lowest BCUT2D eigenvalue weighted by Crippen LogP contribution is -2.14. The highest BCUT2D eigenvalue weighted by Crippen LogP contribution is 2.25. The van der Waals surface area contributed by atoms with Gasteiger partial charge in [0.2, 0.25) is 0 Å². The van der Waals surface area contributed by atoms with Gasteiger partial charge in [-0.3, -0.25) is 0 Å². The second-order valence-corrected chi connectivity index (χ2v) is 5.73. The molecule has 19 heavy (non-hydrogen) atoms. The third kappa shape index (κ3) is 4.37. The summed E-state index contributed by atoms with van der Waals surface area (Å²) < 4.78 is 0. The minimum atomic E-state index is 0. The first-order chi connectivity index (χ1) is 8.70. The molecule has 0 unspecified atom stereocenters. The molecule has 0 fully saturated rings. The first-order valence-electron chi connectivity index (χ1n) is 6.37. The Balaban J connectivity index is 0.00000180. The van der Waals surface area contributed by atoms with Crippen molar-refractivity contribution in [2.45, 2.75) is 18.4 Å². The van der Waals surface area contributed by atoms with Gasteiger partial charge in [0, 0.05) is 17.7 Å². The average Bonchev–Trinajstić information content (AvgIpc) is 2.37. The molecule has 104 valence electrons. The van der Waals surface area contributed by atoms with E-state index in [1.807, 2.05) is 11.8 Å². The van der Waals surface area contributed by atoms with Crippen LogP contribution in [0.15, 0.2) is 35.4 Å². The van der Waals surface area contributed by atoms with Gasteiger partial charge in [0.05, 0.1) is 10.5 Å². The zero-order chi connectivity index (χ0) is 13.0. The number of pyridine rings is 1. The van der Waals surface area contributed by atoms with Crippen molar-refractivity contribution in [1.82, 2.24) is 9.88 Å². The van der Waals surface area contributed by atoms with Crippen LogP contribution in [0.2, 0.25) is 0 Å². The van der Waals surface area contributed by atoms with Gasteiger partial charge in [-0.15, -0.1) is 24.2 Å². The molecule has 0 spiro atoms. The minimum Gasteiger partial charge on any atom is -0.309 e. The van der Waals surface area contributed by atoms with Gasteiger partial charge in [0.15, 0.2) is 0 Å². The number of halogens is 1. The van der Waals surface area contributed by atoms with Crippen molar-refractivity contribution in [3.05, 3.63) is 35.9 Å². The van der Waals surface area contributed by atoms with Gasteiger partial charge in [-0.1, -0.05) is 25.1 Å². The molecule has 1 aromatic carbocycles. The molecule has 2 rings (SSSR count). The quantitative estimate of drug-likeness (QED) is 0.779. The summed E-state index contributed by atoms with van der Waals surface area (Å²) in [5.41, 5.74) is 2.46. The van der Waals surface area contributed by atoms with Gasteiger partial charge in [0.25, 0.3) is 0 Å². The minimum absolute atomic E-state index is 0. The molecule has 4 heteroatoms. The maximum absolute atomic E-state index is 4.79. The lowest BCUT2D eigenvalue weighted by Gasteiger charge is -2.11. The molecular weight excluding hydrogens is 276 g/mol. The molecule has 0 bridgehead atoms. The summed E-state index contributed by atoms with van der Waals surface area (Å²) in [6, 6.07) is 10.6. The van der Waals surface area contributed by atoms with Crippen LogP contribution in [-0.2, 0) is 6.42 Å². The van der Waals surface area contributed by atoms with E-state index in [1.165, 1.54) is 16.0 Å². The van der Waals surface area contributed by atoms with E-state index in [0.29, 0.717) is 0 Å². The lowest BCUT2D eigenvalue weighted by molar-refractivity contribution is 0.437. The van der Waals surface area contributed by atoms with Crippen molar-refractivity contribution in [2.24, 2.45) is 0 Å². The van der Waals surface area contributed by atoms with Gasteiger partial charge >= 0.3 is 0 Å². The summed E-state index contributed by atoms with van der Waals surface area (Å²) in [6.07, 6.45) is 1.04. The summed E-state index contributed by atoms with van der Waals surface area (Å²) in [6.45, 7) is 3.28. The van der Waals surface area contributed by atoms with Gasteiger partial charge in [0.1, 0.15) is 0 Å². The average molecular weight is 297 g/mol. The van der Waals surface area contributed by atoms with E-state index in [4.69, 9.17) is 4.98 Å². The van der Waals surface area contributed by atoms with Crippen molar-refractivity contribution in [1.29, 1.82) is 0 Å². The standard InChI is InChI=1S/C15H20N2S.ClH/c1-4-12-11-13-7-5-6-8-14(13)16-15(12)18-10-9-17(2)3;/h5-8,11H,4,9-10H2,1-3H3;1H. The molecular formula is C15H21ClN2S. The van der Waals surface area contributed by atoms with Crippen molar-refractivity contribution in [2.75, 3.05) is 26.4 Å². The smallest absolute Gasteiger partial charge is 0.0999 e. The molecule has 1 aromatic heterocycles. The fourth-order valence-corrected chi connectivity index (χ4v) is 3.05. The van der Waals surface area contributed by atoms with Crippen LogP contribution in [0.25, 0.3) is 10.9 Å². The van der Waals surface area contributed by atoms with Gasteiger partial charge in [-0.2, -0.15) is 0 Å². The number of rotatable bonds is 5. The highest BCUT2D eigenvalue weighted by molar-refractivity contribution is 7.99. The third-order valence-corrected chi connectivity index (χ3v) is 3.93. The Hall–Kier alpha value is -0.770. The second kappa shape index (κ2) is 7.73. The van der Waals surface area contributed by atoms with Gasteiger partial charge in [-0.05, 0) is 38.2 Å². The zero-order valence-corrected chi connectivity index (χ0v) is 13.4. The molecule has 0 aliphatic carbocycles. The van der Waals surface area contributed by atoms with Crippen LogP contribution in [-0.4, -0.2) is 36.3 Å². The Labute approximate surface area is 126 Å². The van der Waals surface area contributed by atoms with E-state index in [2.05, 4.69) is 56.3 Å². The summed E-state index contributed by atoms with van der Waals surface area (Å²) in [7, 11) is 4.21. The van der Waals surface area contributed by atoms with Crippen molar-refractivity contribution in [3.8, 4) is 0 Å². The fourth-order valence-electron chi connectivity index (χ4n) is 1.85. The van der Waals surface area contributed by atoms with Crippen LogP contribution < -0.4 is 0 Å². The van der Waals surface area contributed by atoms with E-state index in [1.54, 1.807) is 0 Å². The predicted octanol–water partition coefficient (Wildman–Crippen LogP) is 3.87. The number of nitrogens with zero attached hydrogens (tertiary/aromatic N) is 2. The molecule has 0 N–H and O–H groups in total. The number of para-hydroxylation sites is 1. The van der Waals surface area contributed by atoms with E-state index in [0.717, 1.165) is 24.2 Å². The SMILES string of the molecule is CCc1cc2ccccc2nc1SCCN(C)C.Cl. The number of thioether (sulfide) groups is 1. The summed E-state index contributed by atoms with van der Waals surface area (Å²) in [5, 5.41) is 2.43. The maximum atomic E-state index is 4.79. The van der Waals surface area contributed by atoms with E-state index >= 15 is 0 Å². The Morgan fingerprint density at radius 2 is 1.95 bits per heavy atom. The Kier molecular flexibility index (Phi) is 6.63. The normalized spacial score (nSPS) is 10.7. The zero-order valence-electron chi connectivity index (χ0n) is 11.7. The van der Waals surface area contributed by atoms with Crippen LogP contribution in [0.4, 0.5) is 0 Å². The molecule has 0 aliphatic rings. The monoisotopic (exact) mass is 296 g/mol. The lowest BCUT2D eigenvalue weighted by atomic mass is 10.1. The maximum Gasteiger partial charge on any atom is 0.0999 e. The number of hydrogen-bond donors (Lipinski definition) is 0. The third-order valence-electron chi connectivity index (χ3n) is 2.92. The van der Waals surface area contributed by atoms with Crippen LogP contribution >= 0.6 is 24.2 Å². The van der Waals surface area contributed by atoms with E-state index in [-0.39, 0.29) is 12.4 Å². The molecule has 0 atom stereocenters. The van der Waals surface area contributed by atoms with Crippen LogP contribution in [0, 0.1) is 0 Å². The van der Waals surface area contributed by atoms with Crippen LogP contribution in [0.3, 0.4) is 0 Å². The van der Waals surface area contributed by atoms with Crippen LogP contribution in [0.5, 0.6) is 0 Å². The van der Waals surface area contributed by atoms with Gasteiger partial charge < -0.3 is 4.90 Å². The second-order valence-electron chi connectivity index (χ2n) is 4.65. The molecule has 0 radical (unpaired) electrons. The summed E-state index contributed by atoms with van der Waals surface area (Å²) in [4.78, 5) is 7.00. The van der Waals surface area contributed by atoms with Crippen molar-refractivity contribution in [3.63, 3.8) is 0 Å². The number of aryl methyl sites for hydroxylation is 1. The first kappa shape index (κ1) is 16.3. The molecule has 0 saturated carbocycles. The summed E-state index contributed by atoms with van der Waals surface area (Å²) >= 11 is 1.86. The molecule has 0 aliphatic heterocycles. The van der Waals surface area contributed by atoms with E-state index in [9.17, 15) is 0 Å².